The number of anilines is 2. The second kappa shape index (κ2) is 5.02. The van der Waals surface area contributed by atoms with Crippen molar-refractivity contribution in [3.05, 3.63) is 24.3 Å². The van der Waals surface area contributed by atoms with Gasteiger partial charge in [0.1, 0.15) is 0 Å². The molecule has 0 radical (unpaired) electrons. The fourth-order valence-corrected chi connectivity index (χ4v) is 2.67. The molecule has 0 aromatic heterocycles. The van der Waals surface area contributed by atoms with Crippen LogP contribution >= 0.6 is 11.8 Å². The van der Waals surface area contributed by atoms with Gasteiger partial charge in [-0.15, -0.1) is 0 Å². The predicted octanol–water partition coefficient (Wildman–Crippen LogP) is 2.94. The standard InChI is InChI=1S/C13H17N3OS/c1-9(17)14-10-4-6-11(7-5-10)15-12-16-13(2,3)8-18-12/h4-7H,8H2,1-3H3,(H,14,17)(H,15,16). The van der Waals surface area contributed by atoms with Gasteiger partial charge in [0.2, 0.25) is 5.91 Å². The number of thioether (sulfide) groups is 1. The molecule has 1 aliphatic heterocycles. The van der Waals surface area contributed by atoms with Gasteiger partial charge in [-0.25, -0.2) is 0 Å². The van der Waals surface area contributed by atoms with Crippen LogP contribution in [-0.2, 0) is 4.79 Å². The van der Waals surface area contributed by atoms with Crippen molar-refractivity contribution in [1.29, 1.82) is 0 Å². The molecule has 4 nitrogen and oxygen atoms in total. The van der Waals surface area contributed by atoms with Crippen LogP contribution in [0.15, 0.2) is 29.3 Å². The van der Waals surface area contributed by atoms with Gasteiger partial charge in [0.25, 0.3) is 0 Å². The zero-order valence-corrected chi connectivity index (χ0v) is 11.6. The Bertz CT molecular complexity index is 480. The summed E-state index contributed by atoms with van der Waals surface area (Å²) in [4.78, 5) is 15.5. The Morgan fingerprint density at radius 1 is 1.28 bits per heavy atom. The molecule has 96 valence electrons. The molecular formula is C13H17N3OS. The molecule has 1 aromatic carbocycles. The van der Waals surface area contributed by atoms with E-state index in [0.717, 1.165) is 22.3 Å². The summed E-state index contributed by atoms with van der Waals surface area (Å²) < 4.78 is 0. The summed E-state index contributed by atoms with van der Waals surface area (Å²) in [5, 5.41) is 6.96. The van der Waals surface area contributed by atoms with E-state index >= 15 is 0 Å². The first-order valence-corrected chi connectivity index (χ1v) is 6.80. The highest BCUT2D eigenvalue weighted by atomic mass is 32.2. The predicted molar refractivity (Wildman–Crippen MR) is 78.3 cm³/mol. The lowest BCUT2D eigenvalue weighted by Gasteiger charge is -2.09. The molecule has 1 amide bonds. The van der Waals surface area contributed by atoms with Crippen molar-refractivity contribution in [3.63, 3.8) is 0 Å². The summed E-state index contributed by atoms with van der Waals surface area (Å²) in [6, 6.07) is 7.60. The first-order chi connectivity index (χ1) is 8.44. The quantitative estimate of drug-likeness (QED) is 0.862. The Morgan fingerprint density at radius 3 is 2.39 bits per heavy atom. The van der Waals surface area contributed by atoms with Crippen molar-refractivity contribution in [2.75, 3.05) is 16.4 Å². The highest BCUT2D eigenvalue weighted by molar-refractivity contribution is 8.14. The molecule has 2 N–H and O–H groups in total. The summed E-state index contributed by atoms with van der Waals surface area (Å²) >= 11 is 1.73. The summed E-state index contributed by atoms with van der Waals surface area (Å²) in [5.74, 6) is 0.937. The molecular weight excluding hydrogens is 246 g/mol. The van der Waals surface area contributed by atoms with Crippen LogP contribution in [0.5, 0.6) is 0 Å². The van der Waals surface area contributed by atoms with Crippen molar-refractivity contribution >= 4 is 34.2 Å². The summed E-state index contributed by atoms with van der Waals surface area (Å²) in [6.45, 7) is 5.74. The third kappa shape index (κ3) is 3.50. The van der Waals surface area contributed by atoms with E-state index in [1.807, 2.05) is 24.3 Å². The van der Waals surface area contributed by atoms with Crippen molar-refractivity contribution < 1.29 is 4.79 Å². The van der Waals surface area contributed by atoms with E-state index in [4.69, 9.17) is 0 Å². The third-order valence-corrected chi connectivity index (χ3v) is 3.74. The highest BCUT2D eigenvalue weighted by Gasteiger charge is 2.25. The Balaban J connectivity index is 2.01. The van der Waals surface area contributed by atoms with Gasteiger partial charge in [0.05, 0.1) is 5.54 Å². The molecule has 1 aliphatic rings. The minimum Gasteiger partial charge on any atom is -0.335 e. The summed E-state index contributed by atoms with van der Waals surface area (Å²) in [6.07, 6.45) is 0. The summed E-state index contributed by atoms with van der Waals surface area (Å²) in [7, 11) is 0. The molecule has 1 aromatic rings. The van der Waals surface area contributed by atoms with Crippen LogP contribution in [0.25, 0.3) is 0 Å². The smallest absolute Gasteiger partial charge is 0.221 e. The minimum atomic E-state index is -0.0619. The van der Waals surface area contributed by atoms with Gasteiger partial charge in [-0.3, -0.25) is 9.79 Å². The summed E-state index contributed by atoms with van der Waals surface area (Å²) in [5.41, 5.74) is 1.80. The van der Waals surface area contributed by atoms with E-state index in [9.17, 15) is 4.79 Å². The lowest BCUT2D eigenvalue weighted by molar-refractivity contribution is -0.114. The molecule has 0 bridgehead atoms. The van der Waals surface area contributed by atoms with E-state index in [2.05, 4.69) is 29.5 Å². The fourth-order valence-electron chi connectivity index (χ4n) is 1.61. The van der Waals surface area contributed by atoms with Crippen LogP contribution in [0.2, 0.25) is 0 Å². The number of benzene rings is 1. The van der Waals surface area contributed by atoms with Gasteiger partial charge >= 0.3 is 0 Å². The molecule has 5 heteroatoms. The number of aliphatic imine (C=N–C) groups is 1. The van der Waals surface area contributed by atoms with Gasteiger partial charge in [-0.05, 0) is 38.1 Å². The average molecular weight is 263 g/mol. The van der Waals surface area contributed by atoms with Crippen LogP contribution in [-0.4, -0.2) is 22.4 Å². The van der Waals surface area contributed by atoms with Crippen molar-refractivity contribution in [1.82, 2.24) is 0 Å². The van der Waals surface area contributed by atoms with E-state index < -0.39 is 0 Å². The number of carbonyl (C=O) groups excluding carboxylic acids is 1. The molecule has 2 rings (SSSR count). The molecule has 0 fully saturated rings. The topological polar surface area (TPSA) is 53.5 Å². The Morgan fingerprint density at radius 2 is 1.89 bits per heavy atom. The monoisotopic (exact) mass is 263 g/mol. The van der Waals surface area contributed by atoms with Gasteiger partial charge in [-0.2, -0.15) is 0 Å². The number of hydrogen-bond donors (Lipinski definition) is 2. The maximum Gasteiger partial charge on any atom is 0.221 e. The van der Waals surface area contributed by atoms with E-state index in [-0.39, 0.29) is 11.4 Å². The number of carbonyl (C=O) groups is 1. The average Bonchev–Trinajstić information content (AvgIpc) is 2.60. The number of nitrogens with zero attached hydrogens (tertiary/aromatic N) is 1. The Hall–Kier alpha value is -1.49. The van der Waals surface area contributed by atoms with E-state index in [0.29, 0.717) is 0 Å². The zero-order valence-electron chi connectivity index (χ0n) is 10.8. The molecule has 1 heterocycles. The van der Waals surface area contributed by atoms with Crippen LogP contribution in [0.1, 0.15) is 20.8 Å². The van der Waals surface area contributed by atoms with Gasteiger partial charge in [0, 0.05) is 24.1 Å². The number of amides is 1. The molecule has 18 heavy (non-hydrogen) atoms. The molecule has 0 aliphatic carbocycles. The first kappa shape index (κ1) is 13.0. The lowest BCUT2D eigenvalue weighted by Crippen LogP contribution is -2.15. The van der Waals surface area contributed by atoms with Crippen LogP contribution < -0.4 is 10.6 Å². The lowest BCUT2D eigenvalue weighted by atomic mass is 10.1. The van der Waals surface area contributed by atoms with Gasteiger partial charge in [0.15, 0.2) is 5.17 Å². The SMILES string of the molecule is CC(=O)Nc1ccc(NC2=NC(C)(C)CS2)cc1. The third-order valence-electron chi connectivity index (χ3n) is 2.42. The van der Waals surface area contributed by atoms with Crippen LogP contribution in [0.4, 0.5) is 11.4 Å². The maximum absolute atomic E-state index is 10.9. The normalized spacial score (nSPS) is 17.2. The van der Waals surface area contributed by atoms with Crippen LogP contribution in [0, 0.1) is 0 Å². The van der Waals surface area contributed by atoms with E-state index in [1.54, 1.807) is 11.8 Å². The number of nitrogens with one attached hydrogen (secondary N) is 2. The molecule has 0 spiro atoms. The highest BCUT2D eigenvalue weighted by Crippen LogP contribution is 2.27. The molecule has 0 unspecified atom stereocenters. The largest absolute Gasteiger partial charge is 0.335 e. The van der Waals surface area contributed by atoms with Crippen molar-refractivity contribution in [2.24, 2.45) is 4.99 Å². The first-order valence-electron chi connectivity index (χ1n) is 5.82. The molecule has 0 saturated carbocycles. The van der Waals surface area contributed by atoms with Crippen molar-refractivity contribution in [2.45, 2.75) is 26.3 Å². The zero-order chi connectivity index (χ0) is 13.2. The number of hydrogen-bond acceptors (Lipinski definition) is 4. The second-order valence-corrected chi connectivity index (χ2v) is 5.87. The number of amidine groups is 1. The maximum atomic E-state index is 10.9. The van der Waals surface area contributed by atoms with Gasteiger partial charge < -0.3 is 10.6 Å². The molecule has 0 atom stereocenters. The van der Waals surface area contributed by atoms with Crippen molar-refractivity contribution in [3.8, 4) is 0 Å². The number of rotatable bonds is 2. The Kier molecular flexibility index (Phi) is 3.61. The molecule has 0 saturated heterocycles. The minimum absolute atomic E-state index is 0.0170. The second-order valence-electron chi connectivity index (χ2n) is 4.90. The van der Waals surface area contributed by atoms with Crippen LogP contribution in [0.3, 0.4) is 0 Å². The van der Waals surface area contributed by atoms with Gasteiger partial charge in [-0.1, -0.05) is 11.8 Å². The van der Waals surface area contributed by atoms with E-state index in [1.165, 1.54) is 6.92 Å². The fraction of sp³-hybridized carbons (Fsp3) is 0.385. The Labute approximate surface area is 111 Å².